The second-order valence-corrected chi connectivity index (χ2v) is 6.25. The van der Waals surface area contributed by atoms with Crippen molar-refractivity contribution in [2.75, 3.05) is 18.4 Å². The van der Waals surface area contributed by atoms with Gasteiger partial charge in [0, 0.05) is 6.54 Å². The fraction of sp³-hybridized carbons (Fsp3) is 0.588. The number of aliphatic carboxylic acids is 1. The number of anilines is 1. The van der Waals surface area contributed by atoms with Crippen molar-refractivity contribution >= 4 is 11.8 Å². The molecule has 1 saturated carbocycles. The summed E-state index contributed by atoms with van der Waals surface area (Å²) in [7, 11) is 0. The Labute approximate surface area is 150 Å². The number of rotatable bonds is 4. The molecular formula is C17H23F3N4O2. The molecule has 0 unspecified atom stereocenters. The number of aromatic nitrogens is 1. The van der Waals surface area contributed by atoms with Crippen molar-refractivity contribution in [3.05, 3.63) is 23.4 Å². The summed E-state index contributed by atoms with van der Waals surface area (Å²) < 4.78 is 31.7. The van der Waals surface area contributed by atoms with Gasteiger partial charge in [0.1, 0.15) is 11.9 Å². The number of carbonyl (C=O) groups is 1. The minimum Gasteiger partial charge on any atom is -0.475 e. The van der Waals surface area contributed by atoms with Crippen LogP contribution in [0.5, 0.6) is 0 Å². The van der Waals surface area contributed by atoms with Gasteiger partial charge in [-0.25, -0.2) is 9.78 Å². The molecule has 9 heteroatoms. The van der Waals surface area contributed by atoms with Crippen molar-refractivity contribution in [2.45, 2.75) is 38.8 Å². The van der Waals surface area contributed by atoms with Gasteiger partial charge >= 0.3 is 12.1 Å². The summed E-state index contributed by atoms with van der Waals surface area (Å²) in [4.78, 5) is 13.3. The van der Waals surface area contributed by atoms with Crippen molar-refractivity contribution in [1.82, 2.24) is 4.98 Å². The number of carboxylic acid groups (broad SMARTS) is 1. The normalized spacial score (nSPS) is 19.7. The van der Waals surface area contributed by atoms with Gasteiger partial charge in [-0.05, 0) is 63.1 Å². The summed E-state index contributed by atoms with van der Waals surface area (Å²) in [6.45, 7) is 3.67. The largest absolute Gasteiger partial charge is 0.490 e. The van der Waals surface area contributed by atoms with Crippen LogP contribution in [-0.4, -0.2) is 35.3 Å². The van der Waals surface area contributed by atoms with Gasteiger partial charge in [0.25, 0.3) is 0 Å². The molecule has 0 spiro atoms. The van der Waals surface area contributed by atoms with Gasteiger partial charge in [0.2, 0.25) is 0 Å². The van der Waals surface area contributed by atoms with Crippen LogP contribution >= 0.6 is 0 Å². The van der Waals surface area contributed by atoms with Crippen LogP contribution < -0.4 is 11.1 Å². The molecule has 1 heterocycles. The maximum absolute atomic E-state index is 10.6. The standard InChI is InChI=1S/C15H22N4.C2HF3O2/c1-11-14(9-17)6-7-15(19-11)18-10-13-4-2-12(8-16)3-5-13;3-2(4,5)1(6)7/h6-7,12-13H,2-5,8,10,16H2,1H3,(H,18,19);(H,6,7). The van der Waals surface area contributed by atoms with Crippen molar-refractivity contribution in [3.8, 4) is 6.07 Å². The van der Waals surface area contributed by atoms with Crippen LogP contribution in [0.4, 0.5) is 19.0 Å². The van der Waals surface area contributed by atoms with Crippen molar-refractivity contribution in [3.63, 3.8) is 0 Å². The van der Waals surface area contributed by atoms with Crippen molar-refractivity contribution < 1.29 is 23.1 Å². The number of carboxylic acids is 1. The quantitative estimate of drug-likeness (QED) is 0.749. The predicted octanol–water partition coefficient (Wildman–Crippen LogP) is 3.07. The van der Waals surface area contributed by atoms with Crippen LogP contribution in [0.1, 0.15) is 36.9 Å². The Morgan fingerprint density at radius 1 is 1.35 bits per heavy atom. The van der Waals surface area contributed by atoms with Crippen LogP contribution in [-0.2, 0) is 4.79 Å². The van der Waals surface area contributed by atoms with E-state index in [-0.39, 0.29) is 0 Å². The molecule has 4 N–H and O–H groups in total. The van der Waals surface area contributed by atoms with Gasteiger partial charge in [0.05, 0.1) is 11.3 Å². The second kappa shape index (κ2) is 9.97. The van der Waals surface area contributed by atoms with Crippen molar-refractivity contribution in [1.29, 1.82) is 5.26 Å². The molecule has 1 aliphatic rings. The van der Waals surface area contributed by atoms with Crippen LogP contribution in [0.15, 0.2) is 12.1 Å². The van der Waals surface area contributed by atoms with E-state index in [1.54, 1.807) is 0 Å². The lowest BCUT2D eigenvalue weighted by Gasteiger charge is -2.27. The number of pyridine rings is 1. The first kappa shape index (κ1) is 21.7. The Balaban J connectivity index is 0.000000412. The molecule has 0 aliphatic heterocycles. The van der Waals surface area contributed by atoms with E-state index in [4.69, 9.17) is 20.9 Å². The number of nitrogens with one attached hydrogen (secondary N) is 1. The Hall–Kier alpha value is -2.34. The molecule has 0 amide bonds. The summed E-state index contributed by atoms with van der Waals surface area (Å²) in [6, 6.07) is 5.85. The Bertz CT molecular complexity index is 636. The number of nitriles is 1. The topological polar surface area (TPSA) is 112 Å². The molecule has 0 saturated heterocycles. The van der Waals surface area contributed by atoms with Crippen LogP contribution in [0.3, 0.4) is 0 Å². The molecule has 0 radical (unpaired) electrons. The first-order valence-corrected chi connectivity index (χ1v) is 8.29. The number of hydrogen-bond acceptors (Lipinski definition) is 5. The summed E-state index contributed by atoms with van der Waals surface area (Å²) >= 11 is 0. The summed E-state index contributed by atoms with van der Waals surface area (Å²) in [6.07, 6.45) is -0.0698. The lowest BCUT2D eigenvalue weighted by molar-refractivity contribution is -0.192. The molecule has 0 bridgehead atoms. The van der Waals surface area contributed by atoms with Gasteiger partial charge in [-0.2, -0.15) is 18.4 Å². The SMILES string of the molecule is Cc1nc(NCC2CCC(CN)CC2)ccc1C#N.O=C(O)C(F)(F)F. The Kier molecular flexibility index (Phi) is 8.32. The highest BCUT2D eigenvalue weighted by Crippen LogP contribution is 2.28. The zero-order valence-electron chi connectivity index (χ0n) is 14.5. The third kappa shape index (κ3) is 7.27. The smallest absolute Gasteiger partial charge is 0.475 e. The third-order valence-corrected chi connectivity index (χ3v) is 4.32. The van der Waals surface area contributed by atoms with Crippen LogP contribution in [0.2, 0.25) is 0 Å². The number of nitrogens with zero attached hydrogens (tertiary/aromatic N) is 2. The van der Waals surface area contributed by atoms with E-state index in [9.17, 15) is 13.2 Å². The highest BCUT2D eigenvalue weighted by atomic mass is 19.4. The van der Waals surface area contributed by atoms with E-state index < -0.39 is 12.1 Å². The average molecular weight is 372 g/mol. The summed E-state index contributed by atoms with van der Waals surface area (Å²) in [5, 5.41) is 19.4. The number of alkyl halides is 3. The molecule has 0 aromatic carbocycles. The minimum atomic E-state index is -5.08. The van der Waals surface area contributed by atoms with E-state index in [2.05, 4.69) is 16.4 Å². The molecule has 1 aliphatic carbocycles. The Morgan fingerprint density at radius 3 is 2.31 bits per heavy atom. The molecular weight excluding hydrogens is 349 g/mol. The predicted molar refractivity (Wildman–Crippen MR) is 90.4 cm³/mol. The first-order valence-electron chi connectivity index (χ1n) is 8.29. The van der Waals surface area contributed by atoms with E-state index in [1.807, 2.05) is 19.1 Å². The fourth-order valence-corrected chi connectivity index (χ4v) is 2.70. The van der Waals surface area contributed by atoms with E-state index in [0.717, 1.165) is 36.4 Å². The highest BCUT2D eigenvalue weighted by Gasteiger charge is 2.38. The lowest BCUT2D eigenvalue weighted by Crippen LogP contribution is -2.25. The molecule has 2 rings (SSSR count). The molecule has 1 fully saturated rings. The van der Waals surface area contributed by atoms with Crippen LogP contribution in [0, 0.1) is 30.1 Å². The monoisotopic (exact) mass is 372 g/mol. The molecule has 144 valence electrons. The van der Waals surface area contributed by atoms with E-state index in [1.165, 1.54) is 25.7 Å². The van der Waals surface area contributed by atoms with Crippen LogP contribution in [0.25, 0.3) is 0 Å². The molecule has 1 aromatic rings. The number of halogens is 3. The highest BCUT2D eigenvalue weighted by molar-refractivity contribution is 5.73. The summed E-state index contributed by atoms with van der Waals surface area (Å²) in [5.41, 5.74) is 7.14. The number of nitrogens with two attached hydrogens (primary N) is 1. The van der Waals surface area contributed by atoms with Crippen molar-refractivity contribution in [2.24, 2.45) is 17.6 Å². The fourth-order valence-electron chi connectivity index (χ4n) is 2.70. The second-order valence-electron chi connectivity index (χ2n) is 6.25. The van der Waals surface area contributed by atoms with Gasteiger partial charge in [-0.15, -0.1) is 0 Å². The summed E-state index contributed by atoms with van der Waals surface area (Å²) in [5.74, 6) is -0.433. The van der Waals surface area contributed by atoms with E-state index in [0.29, 0.717) is 5.56 Å². The number of hydrogen-bond donors (Lipinski definition) is 3. The third-order valence-electron chi connectivity index (χ3n) is 4.32. The Morgan fingerprint density at radius 2 is 1.88 bits per heavy atom. The lowest BCUT2D eigenvalue weighted by atomic mass is 9.82. The van der Waals surface area contributed by atoms with Gasteiger partial charge < -0.3 is 16.2 Å². The molecule has 0 atom stereocenters. The zero-order chi connectivity index (χ0) is 19.7. The van der Waals surface area contributed by atoms with Gasteiger partial charge in [0.15, 0.2) is 0 Å². The maximum Gasteiger partial charge on any atom is 0.490 e. The minimum absolute atomic E-state index is 0.647. The van der Waals surface area contributed by atoms with E-state index >= 15 is 0 Å². The molecule has 1 aromatic heterocycles. The number of aryl methyl sites for hydroxylation is 1. The average Bonchev–Trinajstić information content (AvgIpc) is 2.60. The first-order chi connectivity index (χ1) is 12.2. The van der Waals surface area contributed by atoms with Gasteiger partial charge in [-0.3, -0.25) is 0 Å². The zero-order valence-corrected chi connectivity index (χ0v) is 14.5. The molecule has 6 nitrogen and oxygen atoms in total. The molecule has 26 heavy (non-hydrogen) atoms. The maximum atomic E-state index is 10.6. The van der Waals surface area contributed by atoms with Gasteiger partial charge in [-0.1, -0.05) is 0 Å².